The Bertz CT molecular complexity index is 956. The molecule has 152 valence electrons. The molecule has 1 aromatic heterocycles. The second-order valence-corrected chi connectivity index (χ2v) is 8.23. The highest BCUT2D eigenvalue weighted by Gasteiger charge is 2.65. The lowest BCUT2D eigenvalue weighted by Gasteiger charge is -2.31. The minimum atomic E-state index is -0.694. The van der Waals surface area contributed by atoms with Gasteiger partial charge >= 0.3 is 0 Å². The summed E-state index contributed by atoms with van der Waals surface area (Å²) in [5, 5.41) is 4.47. The van der Waals surface area contributed by atoms with E-state index in [9.17, 15) is 9.59 Å². The third-order valence-electron chi connectivity index (χ3n) is 6.49. The predicted molar refractivity (Wildman–Crippen MR) is 106 cm³/mol. The van der Waals surface area contributed by atoms with E-state index in [0.29, 0.717) is 31.5 Å². The zero-order chi connectivity index (χ0) is 20.2. The molecule has 2 aromatic rings. The number of benzene rings is 1. The van der Waals surface area contributed by atoms with E-state index in [2.05, 4.69) is 12.0 Å². The van der Waals surface area contributed by atoms with E-state index in [1.54, 1.807) is 0 Å². The van der Waals surface area contributed by atoms with Gasteiger partial charge in [0.1, 0.15) is 6.10 Å². The summed E-state index contributed by atoms with van der Waals surface area (Å²) < 4.78 is 8.37. The largest absolute Gasteiger partial charge is 0.343 e. The third kappa shape index (κ3) is 2.71. The second-order valence-electron chi connectivity index (χ2n) is 8.23. The lowest BCUT2D eigenvalue weighted by molar-refractivity contribution is -0.138. The molecular formula is C22H26N4O3. The maximum atomic E-state index is 13.4. The zero-order valence-electron chi connectivity index (χ0n) is 16.9. The third-order valence-corrected chi connectivity index (χ3v) is 6.49. The molecule has 2 amide bonds. The molecule has 0 bridgehead atoms. The Kier molecular flexibility index (Phi) is 4.24. The molecule has 3 aliphatic rings. The highest BCUT2D eigenvalue weighted by atomic mass is 16.5. The van der Waals surface area contributed by atoms with Gasteiger partial charge in [-0.05, 0) is 18.9 Å². The van der Waals surface area contributed by atoms with Crippen LogP contribution in [0.15, 0.2) is 36.5 Å². The van der Waals surface area contributed by atoms with E-state index >= 15 is 0 Å². The molecule has 7 nitrogen and oxygen atoms in total. The monoisotopic (exact) mass is 394 g/mol. The van der Waals surface area contributed by atoms with Gasteiger partial charge in [-0.25, -0.2) is 0 Å². The molecule has 7 heteroatoms. The average Bonchev–Trinajstić information content (AvgIpc) is 3.43. The molecule has 3 aliphatic heterocycles. The first-order valence-corrected chi connectivity index (χ1v) is 10.4. The summed E-state index contributed by atoms with van der Waals surface area (Å²) in [6, 6.07) is 9.77. The average molecular weight is 394 g/mol. The van der Waals surface area contributed by atoms with Crippen molar-refractivity contribution >= 4 is 11.8 Å². The first kappa shape index (κ1) is 18.4. The number of aryl methyl sites for hydroxylation is 2. The number of rotatable bonds is 4. The smallest absolute Gasteiger partial charge is 0.257 e. The molecule has 0 unspecified atom stereocenters. The number of hydrogen-bond acceptors (Lipinski definition) is 4. The van der Waals surface area contributed by atoms with Crippen LogP contribution in [0.2, 0.25) is 0 Å². The van der Waals surface area contributed by atoms with Gasteiger partial charge in [0.05, 0.1) is 30.3 Å². The van der Waals surface area contributed by atoms with Gasteiger partial charge in [0.25, 0.3) is 5.91 Å². The Hall–Kier alpha value is -2.67. The summed E-state index contributed by atoms with van der Waals surface area (Å²) in [5.74, 6) is 0.0254. The Morgan fingerprint density at radius 2 is 2.10 bits per heavy atom. The van der Waals surface area contributed by atoms with Crippen LogP contribution in [0, 0.1) is 6.92 Å². The van der Waals surface area contributed by atoms with Crippen molar-refractivity contribution in [1.29, 1.82) is 0 Å². The van der Waals surface area contributed by atoms with E-state index in [-0.39, 0.29) is 24.0 Å². The molecule has 3 atom stereocenters. The van der Waals surface area contributed by atoms with Crippen LogP contribution in [0.5, 0.6) is 0 Å². The van der Waals surface area contributed by atoms with Crippen molar-refractivity contribution in [2.45, 2.75) is 57.5 Å². The lowest BCUT2D eigenvalue weighted by Crippen LogP contribution is -2.48. The van der Waals surface area contributed by atoms with Crippen molar-refractivity contribution in [2.24, 2.45) is 0 Å². The minimum absolute atomic E-state index is 0.0480. The van der Waals surface area contributed by atoms with Gasteiger partial charge in [0, 0.05) is 25.7 Å². The van der Waals surface area contributed by atoms with Crippen molar-refractivity contribution in [2.75, 3.05) is 13.1 Å². The van der Waals surface area contributed by atoms with Crippen LogP contribution >= 0.6 is 0 Å². The molecule has 29 heavy (non-hydrogen) atoms. The summed E-state index contributed by atoms with van der Waals surface area (Å²) in [4.78, 5) is 29.9. The summed E-state index contributed by atoms with van der Waals surface area (Å²) in [5.41, 5.74) is 1.74. The Morgan fingerprint density at radius 3 is 2.86 bits per heavy atom. The zero-order valence-corrected chi connectivity index (χ0v) is 16.9. The number of likely N-dealkylation sites (tertiary alicyclic amines) is 1. The van der Waals surface area contributed by atoms with Gasteiger partial charge < -0.3 is 14.5 Å². The number of carbonyl (C=O) groups is 2. The van der Waals surface area contributed by atoms with Crippen LogP contribution in [0.1, 0.15) is 53.9 Å². The summed E-state index contributed by atoms with van der Waals surface area (Å²) in [7, 11) is 0. The van der Waals surface area contributed by atoms with E-state index in [0.717, 1.165) is 24.2 Å². The number of ether oxygens (including phenoxy) is 1. The van der Waals surface area contributed by atoms with Crippen LogP contribution < -0.4 is 0 Å². The van der Waals surface area contributed by atoms with Gasteiger partial charge in [-0.2, -0.15) is 5.10 Å². The summed E-state index contributed by atoms with van der Waals surface area (Å²) in [6.45, 7) is 5.88. The molecule has 3 fully saturated rings. The number of aromatic nitrogens is 2. The lowest BCUT2D eigenvalue weighted by atomic mass is 10.1. The minimum Gasteiger partial charge on any atom is -0.343 e. The maximum Gasteiger partial charge on any atom is 0.257 e. The van der Waals surface area contributed by atoms with Crippen molar-refractivity contribution < 1.29 is 14.3 Å². The highest BCUT2D eigenvalue weighted by Crippen LogP contribution is 2.50. The summed E-state index contributed by atoms with van der Waals surface area (Å²) in [6.07, 6.45) is 3.63. The summed E-state index contributed by atoms with van der Waals surface area (Å²) >= 11 is 0. The molecule has 0 N–H and O–H groups in total. The van der Waals surface area contributed by atoms with E-state index in [1.807, 2.05) is 57.9 Å². The van der Waals surface area contributed by atoms with Gasteiger partial charge in [0.2, 0.25) is 5.91 Å². The van der Waals surface area contributed by atoms with Crippen molar-refractivity contribution in [3.05, 3.63) is 53.3 Å². The standard InChI is InChI=1S/C22H26N4O3/c1-3-10-24-13-17(15(2)23-24)21(28)25-11-9-22-19(25)12-20(27)26(22)14-18(29-22)16-7-5-4-6-8-16/h4-8,13,18-19H,3,9-12,14H2,1-2H3/t18-,19-,22+/m1/s1. The first-order chi connectivity index (χ1) is 14.0. The van der Waals surface area contributed by atoms with Gasteiger partial charge in [0.15, 0.2) is 5.72 Å². The molecule has 4 heterocycles. The van der Waals surface area contributed by atoms with Crippen molar-refractivity contribution in [3.63, 3.8) is 0 Å². The normalized spacial score (nSPS) is 28.1. The molecular weight excluding hydrogens is 368 g/mol. The van der Waals surface area contributed by atoms with Gasteiger partial charge in [-0.15, -0.1) is 0 Å². The number of nitrogens with zero attached hydrogens (tertiary/aromatic N) is 4. The quantitative estimate of drug-likeness (QED) is 0.799. The Labute approximate surface area is 170 Å². The van der Waals surface area contributed by atoms with Crippen molar-refractivity contribution in [3.8, 4) is 0 Å². The highest BCUT2D eigenvalue weighted by molar-refractivity contribution is 5.96. The fourth-order valence-electron chi connectivity index (χ4n) is 5.14. The Balaban J connectivity index is 1.42. The SMILES string of the molecule is CCCn1cc(C(=O)N2CC[C@@]34O[C@@H](c5ccccc5)CN3C(=O)C[C@@H]24)c(C)n1. The maximum absolute atomic E-state index is 13.4. The number of hydrogen-bond donors (Lipinski definition) is 0. The molecule has 0 saturated carbocycles. The van der Waals surface area contributed by atoms with Crippen LogP contribution in [0.3, 0.4) is 0 Å². The second kappa shape index (κ2) is 6.69. The van der Waals surface area contributed by atoms with Crippen LogP contribution in [-0.2, 0) is 16.1 Å². The van der Waals surface area contributed by atoms with Crippen LogP contribution in [-0.4, -0.2) is 56.3 Å². The van der Waals surface area contributed by atoms with E-state index in [4.69, 9.17) is 4.74 Å². The number of amides is 2. The molecule has 1 aromatic carbocycles. The van der Waals surface area contributed by atoms with E-state index < -0.39 is 5.72 Å². The topological polar surface area (TPSA) is 67.7 Å². The van der Waals surface area contributed by atoms with Crippen molar-refractivity contribution in [1.82, 2.24) is 19.6 Å². The number of carbonyl (C=O) groups excluding carboxylic acids is 2. The fourth-order valence-corrected chi connectivity index (χ4v) is 5.14. The Morgan fingerprint density at radius 1 is 1.31 bits per heavy atom. The predicted octanol–water partition coefficient (Wildman–Crippen LogP) is 2.52. The molecule has 0 radical (unpaired) electrons. The van der Waals surface area contributed by atoms with E-state index in [1.165, 1.54) is 0 Å². The van der Waals surface area contributed by atoms with Crippen LogP contribution in [0.4, 0.5) is 0 Å². The van der Waals surface area contributed by atoms with Gasteiger partial charge in [-0.1, -0.05) is 37.3 Å². The van der Waals surface area contributed by atoms with Gasteiger partial charge in [-0.3, -0.25) is 14.3 Å². The fraction of sp³-hybridized carbons (Fsp3) is 0.500. The molecule has 5 rings (SSSR count). The molecule has 3 saturated heterocycles. The molecule has 1 spiro atoms. The molecule has 0 aliphatic carbocycles. The van der Waals surface area contributed by atoms with Crippen LogP contribution in [0.25, 0.3) is 0 Å². The first-order valence-electron chi connectivity index (χ1n) is 10.4.